The molecule has 0 aliphatic heterocycles. The molecule has 11 heteroatoms. The van der Waals surface area contributed by atoms with Gasteiger partial charge in [0.1, 0.15) is 24.3 Å². The summed E-state index contributed by atoms with van der Waals surface area (Å²) in [5.41, 5.74) is 0. The summed E-state index contributed by atoms with van der Waals surface area (Å²) < 4.78 is 0. The van der Waals surface area contributed by atoms with Gasteiger partial charge in [-0.15, -0.1) is 0 Å². The Balaban J connectivity index is -0.000000352. The van der Waals surface area contributed by atoms with Crippen LogP contribution in [-0.2, 0) is 14.4 Å². The van der Waals surface area contributed by atoms with Crippen LogP contribution in [0.2, 0.25) is 0 Å². The number of carboxylic acid groups (broad SMARTS) is 2. The second-order valence-corrected chi connectivity index (χ2v) is 3.36. The number of carbonyl (C=O) groups excluding carboxylic acids is 2. The number of carbonyl (C=O) groups is 3. The van der Waals surface area contributed by atoms with E-state index < -0.39 is 48.7 Å². The normalized spacial score (nSPS) is 15.5. The second-order valence-electron chi connectivity index (χ2n) is 3.36. The maximum atomic E-state index is 10.1. The zero-order valence-electron chi connectivity index (χ0n) is 10.8. The summed E-state index contributed by atoms with van der Waals surface area (Å²) in [6, 6.07) is 0. The minimum Gasteiger partial charge on any atom is -0.542 e. The molecule has 6 N–H and O–H groups in total. The Labute approximate surface area is 135 Å². The molecular weight excluding hydrogens is 291 g/mol. The van der Waals surface area contributed by atoms with Crippen molar-refractivity contribution in [3.05, 3.63) is 0 Å². The predicted octanol–water partition coefficient (Wildman–Crippen LogP) is -8.16. The van der Waals surface area contributed by atoms with Crippen LogP contribution in [0.1, 0.15) is 6.92 Å². The van der Waals surface area contributed by atoms with Crippen LogP contribution in [0.25, 0.3) is 0 Å². The van der Waals surface area contributed by atoms with Crippen molar-refractivity contribution in [2.24, 2.45) is 0 Å². The van der Waals surface area contributed by atoms with Gasteiger partial charge in [-0.25, -0.2) is 4.79 Å². The van der Waals surface area contributed by atoms with Crippen molar-refractivity contribution in [1.29, 1.82) is 0 Å². The summed E-state index contributed by atoms with van der Waals surface area (Å²) in [4.78, 5) is 28.8. The van der Waals surface area contributed by atoms with E-state index in [1.807, 2.05) is 0 Å². The first kappa shape index (κ1) is 24.4. The van der Waals surface area contributed by atoms with Gasteiger partial charge in [-0.2, -0.15) is 0 Å². The molecule has 0 radical (unpaired) electrons. The number of rotatable bonds is 6. The predicted molar refractivity (Wildman–Crippen MR) is 54.4 cm³/mol. The first-order valence-corrected chi connectivity index (χ1v) is 4.84. The van der Waals surface area contributed by atoms with E-state index in [9.17, 15) is 19.5 Å². The molecule has 0 aromatic heterocycles. The van der Waals surface area contributed by atoms with E-state index in [1.54, 1.807) is 0 Å². The zero-order valence-corrected chi connectivity index (χ0v) is 12.8. The Hall–Kier alpha value is -0.590. The molecule has 10 nitrogen and oxygen atoms in total. The third-order valence-corrected chi connectivity index (χ3v) is 1.80. The van der Waals surface area contributed by atoms with Crippen LogP contribution >= 0.6 is 0 Å². The fraction of sp³-hybridized carbons (Fsp3) is 0.667. The molecule has 112 valence electrons. The number of hydrogen-bond donors (Lipinski definition) is 6. The number of hydrogen-bond acceptors (Lipinski definition) is 9. The average molecular weight is 306 g/mol. The molecule has 0 bridgehead atoms. The minimum absolute atomic E-state index is 0. The molecule has 0 heterocycles. The van der Waals surface area contributed by atoms with Crippen LogP contribution in [0.15, 0.2) is 0 Å². The molecule has 0 aliphatic carbocycles. The standard InChI is InChI=1S/C6H12O7.C3H4O3.Na/c7-1-2(8)3(9)4(10)5(11)6(12)13;1-2(4)3(5)6;/h2-5,7-11H,1H2,(H,12,13);1H3,(H,5,6);/q;;+1/p-1/t2-,3-,4+,5-;;/m1../s1. The maximum Gasteiger partial charge on any atom is 1.00 e. The van der Waals surface area contributed by atoms with Crippen LogP contribution in [0.3, 0.4) is 0 Å². The van der Waals surface area contributed by atoms with Gasteiger partial charge in [-0.3, -0.25) is 4.79 Å². The van der Waals surface area contributed by atoms with Crippen LogP contribution in [0.4, 0.5) is 0 Å². The smallest absolute Gasteiger partial charge is 0.542 e. The molecule has 0 aliphatic rings. The van der Waals surface area contributed by atoms with E-state index in [0.717, 1.165) is 6.92 Å². The van der Waals surface area contributed by atoms with Crippen LogP contribution in [-0.4, -0.2) is 79.4 Å². The summed E-state index contributed by atoms with van der Waals surface area (Å²) in [6.07, 6.45) is -7.84. The first-order valence-electron chi connectivity index (χ1n) is 4.84. The fourth-order valence-electron chi connectivity index (χ4n) is 0.668. The van der Waals surface area contributed by atoms with E-state index in [2.05, 4.69) is 0 Å². The van der Waals surface area contributed by atoms with Crippen LogP contribution in [0, 0.1) is 0 Å². The number of aliphatic hydroxyl groups is 5. The largest absolute Gasteiger partial charge is 1.00 e. The molecule has 0 aromatic carbocycles. The number of carboxylic acids is 2. The molecule has 0 amide bonds. The molecule has 0 saturated carbocycles. The summed E-state index contributed by atoms with van der Waals surface area (Å²) in [5.74, 6) is -4.29. The van der Waals surface area contributed by atoms with Gasteiger partial charge >= 0.3 is 35.5 Å². The molecular formula is C9H15NaO10. The third kappa shape index (κ3) is 10.2. The van der Waals surface area contributed by atoms with Gasteiger partial charge < -0.3 is 40.5 Å². The van der Waals surface area contributed by atoms with Gasteiger partial charge in [0.25, 0.3) is 0 Å². The van der Waals surface area contributed by atoms with Crippen molar-refractivity contribution < 1.29 is 79.7 Å². The van der Waals surface area contributed by atoms with Gasteiger partial charge in [0.2, 0.25) is 0 Å². The van der Waals surface area contributed by atoms with Crippen molar-refractivity contribution in [2.45, 2.75) is 31.3 Å². The summed E-state index contributed by atoms with van der Waals surface area (Å²) in [7, 11) is 0. The molecule has 20 heavy (non-hydrogen) atoms. The first-order chi connectivity index (χ1) is 8.56. The Morgan fingerprint density at radius 2 is 1.40 bits per heavy atom. The third-order valence-electron chi connectivity index (χ3n) is 1.80. The Bertz CT molecular complexity index is 308. The Morgan fingerprint density at radius 3 is 1.60 bits per heavy atom. The van der Waals surface area contributed by atoms with Gasteiger partial charge in [-0.1, -0.05) is 0 Å². The fourth-order valence-corrected chi connectivity index (χ4v) is 0.668. The van der Waals surface area contributed by atoms with Gasteiger partial charge in [0, 0.05) is 6.92 Å². The summed E-state index contributed by atoms with van der Waals surface area (Å²) >= 11 is 0. The van der Waals surface area contributed by atoms with E-state index in [4.69, 9.17) is 30.6 Å². The van der Waals surface area contributed by atoms with Gasteiger partial charge in [0.15, 0.2) is 11.9 Å². The van der Waals surface area contributed by atoms with E-state index in [1.165, 1.54) is 0 Å². The number of ketones is 1. The second kappa shape index (κ2) is 12.2. The monoisotopic (exact) mass is 306 g/mol. The van der Waals surface area contributed by atoms with Crippen molar-refractivity contribution >= 4 is 17.7 Å². The van der Waals surface area contributed by atoms with Crippen LogP contribution in [0.5, 0.6) is 0 Å². The van der Waals surface area contributed by atoms with Crippen LogP contribution < -0.4 is 34.7 Å². The Kier molecular flexibility index (Phi) is 14.9. The molecule has 0 saturated heterocycles. The van der Waals surface area contributed by atoms with E-state index >= 15 is 0 Å². The summed E-state index contributed by atoms with van der Waals surface area (Å²) in [6.45, 7) is 0.0971. The van der Waals surface area contributed by atoms with Crippen molar-refractivity contribution in [3.8, 4) is 0 Å². The van der Waals surface area contributed by atoms with Crippen molar-refractivity contribution in [2.75, 3.05) is 6.61 Å². The minimum atomic E-state index is -2.20. The van der Waals surface area contributed by atoms with E-state index in [0.29, 0.717) is 0 Å². The number of aliphatic hydroxyl groups excluding tert-OH is 5. The molecule has 0 unspecified atom stereocenters. The number of Topliss-reactive ketones (excluding diaryl/α,β-unsaturated/α-hetero) is 1. The number of aliphatic carboxylic acids is 2. The molecule has 0 aromatic rings. The van der Waals surface area contributed by atoms with Crippen molar-refractivity contribution in [1.82, 2.24) is 0 Å². The molecule has 0 rings (SSSR count). The SMILES string of the molecule is CC(=O)C(=O)[O-].O=C(O)[C@H](O)[C@@H](O)[C@H](O)[C@H](O)CO.[Na+]. The van der Waals surface area contributed by atoms with Crippen molar-refractivity contribution in [3.63, 3.8) is 0 Å². The van der Waals surface area contributed by atoms with Gasteiger partial charge in [-0.05, 0) is 0 Å². The molecule has 4 atom stereocenters. The average Bonchev–Trinajstić information content (AvgIpc) is 2.35. The summed E-state index contributed by atoms with van der Waals surface area (Å²) in [5, 5.41) is 61.1. The molecule has 0 spiro atoms. The van der Waals surface area contributed by atoms with E-state index in [-0.39, 0.29) is 29.6 Å². The zero-order chi connectivity index (χ0) is 15.7. The topological polar surface area (TPSA) is 196 Å². The maximum absolute atomic E-state index is 10.1. The molecule has 0 fully saturated rings. The quantitative estimate of drug-likeness (QED) is 0.202. The Morgan fingerprint density at radius 1 is 1.05 bits per heavy atom. The van der Waals surface area contributed by atoms with Gasteiger partial charge in [0.05, 0.1) is 6.61 Å².